The van der Waals surface area contributed by atoms with Gasteiger partial charge < -0.3 is 9.72 Å². The zero-order chi connectivity index (χ0) is 11.0. The summed E-state index contributed by atoms with van der Waals surface area (Å²) in [5.41, 5.74) is 1.56. The summed E-state index contributed by atoms with van der Waals surface area (Å²) in [7, 11) is 0. The average molecular weight is 215 g/mol. The highest BCUT2D eigenvalue weighted by molar-refractivity contribution is 5.88. The van der Waals surface area contributed by atoms with Crippen molar-refractivity contribution in [2.45, 2.75) is 12.8 Å². The lowest BCUT2D eigenvalue weighted by molar-refractivity contribution is 0.112. The molecule has 1 heterocycles. The van der Waals surface area contributed by atoms with Crippen LogP contribution >= 0.6 is 0 Å². The summed E-state index contributed by atoms with van der Waals surface area (Å²) < 4.78 is 5.67. The van der Waals surface area contributed by atoms with Crippen LogP contribution in [0.15, 0.2) is 24.3 Å². The van der Waals surface area contributed by atoms with Crippen molar-refractivity contribution in [3.63, 3.8) is 0 Å². The lowest BCUT2D eigenvalue weighted by atomic mass is 10.2. The van der Waals surface area contributed by atoms with Crippen molar-refractivity contribution in [1.82, 2.24) is 4.98 Å². The number of rotatable bonds is 4. The van der Waals surface area contributed by atoms with Gasteiger partial charge in [0.1, 0.15) is 5.75 Å². The van der Waals surface area contributed by atoms with Crippen molar-refractivity contribution < 1.29 is 9.53 Å². The maximum atomic E-state index is 10.6. The number of ether oxygens (including phenoxy) is 1. The molecule has 1 aromatic heterocycles. The Hall–Kier alpha value is -1.77. The summed E-state index contributed by atoms with van der Waals surface area (Å²) in [6, 6.07) is 7.71. The van der Waals surface area contributed by atoms with Crippen LogP contribution in [0.5, 0.6) is 5.75 Å². The molecule has 1 aliphatic carbocycles. The Morgan fingerprint density at radius 3 is 3.00 bits per heavy atom. The maximum absolute atomic E-state index is 10.6. The fourth-order valence-electron chi connectivity index (χ4n) is 1.78. The molecule has 1 fully saturated rings. The van der Waals surface area contributed by atoms with Gasteiger partial charge in [-0.2, -0.15) is 0 Å². The van der Waals surface area contributed by atoms with E-state index in [1.54, 1.807) is 0 Å². The third kappa shape index (κ3) is 1.81. The normalized spacial score (nSPS) is 15.2. The Morgan fingerprint density at radius 2 is 2.25 bits per heavy atom. The molecule has 0 saturated heterocycles. The van der Waals surface area contributed by atoms with Crippen molar-refractivity contribution in [1.29, 1.82) is 0 Å². The number of carbonyl (C=O) groups excluding carboxylic acids is 1. The van der Waals surface area contributed by atoms with Crippen molar-refractivity contribution >= 4 is 17.2 Å². The Labute approximate surface area is 93.4 Å². The number of aromatic amines is 1. The van der Waals surface area contributed by atoms with Gasteiger partial charge in [-0.15, -0.1) is 0 Å². The van der Waals surface area contributed by atoms with Gasteiger partial charge in [-0.3, -0.25) is 4.79 Å². The molecule has 1 N–H and O–H groups in total. The highest BCUT2D eigenvalue weighted by Crippen LogP contribution is 2.30. The minimum atomic E-state index is 0.606. The lowest BCUT2D eigenvalue weighted by Gasteiger charge is -2.04. The Bertz CT molecular complexity index is 526. The van der Waals surface area contributed by atoms with Crippen molar-refractivity contribution in [2.24, 2.45) is 5.92 Å². The zero-order valence-corrected chi connectivity index (χ0v) is 8.90. The second-order valence-electron chi connectivity index (χ2n) is 4.35. The predicted octanol–water partition coefficient (Wildman–Crippen LogP) is 2.77. The van der Waals surface area contributed by atoms with E-state index in [1.807, 2.05) is 24.3 Å². The fourth-order valence-corrected chi connectivity index (χ4v) is 1.78. The number of nitrogens with one attached hydrogen (secondary N) is 1. The van der Waals surface area contributed by atoms with Gasteiger partial charge in [0.05, 0.1) is 12.3 Å². The summed E-state index contributed by atoms with van der Waals surface area (Å²) in [5.74, 6) is 1.63. The van der Waals surface area contributed by atoms with E-state index in [0.717, 1.165) is 35.5 Å². The standard InChI is InChI=1S/C13H13NO2/c15-7-11-5-10-3-4-12(6-13(10)14-11)16-8-9-1-2-9/h3-7,9,14H,1-2,8H2. The minimum absolute atomic E-state index is 0.606. The van der Waals surface area contributed by atoms with Crippen LogP contribution in [-0.4, -0.2) is 17.9 Å². The molecule has 3 rings (SSSR count). The number of fused-ring (bicyclic) bond motifs is 1. The van der Waals surface area contributed by atoms with E-state index in [4.69, 9.17) is 4.74 Å². The number of aldehydes is 1. The third-order valence-corrected chi connectivity index (χ3v) is 2.92. The number of aromatic nitrogens is 1. The van der Waals surface area contributed by atoms with E-state index >= 15 is 0 Å². The van der Waals surface area contributed by atoms with Crippen molar-refractivity contribution in [2.75, 3.05) is 6.61 Å². The first kappa shape index (κ1) is 9.46. The van der Waals surface area contributed by atoms with Gasteiger partial charge in [0, 0.05) is 17.0 Å². The molecule has 1 saturated carbocycles. The number of benzene rings is 1. The molecule has 2 aromatic rings. The van der Waals surface area contributed by atoms with Gasteiger partial charge in [-0.05, 0) is 37.0 Å². The average Bonchev–Trinajstić information content (AvgIpc) is 3.04. The van der Waals surface area contributed by atoms with Crippen LogP contribution in [-0.2, 0) is 0 Å². The van der Waals surface area contributed by atoms with Crippen LogP contribution in [0.4, 0.5) is 0 Å². The number of H-pyrrole nitrogens is 1. The summed E-state index contributed by atoms with van der Waals surface area (Å²) in [5, 5.41) is 1.04. The number of carbonyl (C=O) groups is 1. The van der Waals surface area contributed by atoms with Gasteiger partial charge in [0.2, 0.25) is 0 Å². The first-order valence-electron chi connectivity index (χ1n) is 5.56. The summed E-state index contributed by atoms with van der Waals surface area (Å²) in [4.78, 5) is 13.7. The quantitative estimate of drug-likeness (QED) is 0.797. The van der Waals surface area contributed by atoms with E-state index in [2.05, 4.69) is 4.98 Å². The summed E-state index contributed by atoms with van der Waals surface area (Å²) >= 11 is 0. The third-order valence-electron chi connectivity index (χ3n) is 2.92. The van der Waals surface area contributed by atoms with Crippen LogP contribution in [0, 0.1) is 5.92 Å². The topological polar surface area (TPSA) is 42.1 Å². The highest BCUT2D eigenvalue weighted by Gasteiger charge is 2.21. The van der Waals surface area contributed by atoms with Crippen LogP contribution in [0.2, 0.25) is 0 Å². The molecule has 0 radical (unpaired) electrons. The molecule has 0 atom stereocenters. The Balaban J connectivity index is 1.85. The molecule has 0 unspecified atom stereocenters. The smallest absolute Gasteiger partial charge is 0.166 e. The van der Waals surface area contributed by atoms with Gasteiger partial charge in [-0.1, -0.05) is 0 Å². The Morgan fingerprint density at radius 1 is 1.38 bits per heavy atom. The van der Waals surface area contributed by atoms with E-state index in [1.165, 1.54) is 12.8 Å². The zero-order valence-electron chi connectivity index (χ0n) is 8.90. The van der Waals surface area contributed by atoms with Gasteiger partial charge in [-0.25, -0.2) is 0 Å². The molecule has 3 nitrogen and oxygen atoms in total. The van der Waals surface area contributed by atoms with Crippen LogP contribution in [0.25, 0.3) is 10.9 Å². The number of hydrogen-bond acceptors (Lipinski definition) is 2. The van der Waals surface area contributed by atoms with E-state index in [0.29, 0.717) is 5.69 Å². The molecular weight excluding hydrogens is 202 g/mol. The highest BCUT2D eigenvalue weighted by atomic mass is 16.5. The molecule has 0 aliphatic heterocycles. The lowest BCUT2D eigenvalue weighted by Crippen LogP contribution is -1.98. The first-order valence-corrected chi connectivity index (χ1v) is 5.56. The van der Waals surface area contributed by atoms with Gasteiger partial charge >= 0.3 is 0 Å². The Kier molecular flexibility index (Phi) is 2.17. The van der Waals surface area contributed by atoms with Crippen LogP contribution in [0.3, 0.4) is 0 Å². The molecule has 1 aliphatic rings. The number of hydrogen-bond donors (Lipinski definition) is 1. The largest absolute Gasteiger partial charge is 0.493 e. The molecule has 16 heavy (non-hydrogen) atoms. The van der Waals surface area contributed by atoms with E-state index < -0.39 is 0 Å². The molecule has 82 valence electrons. The molecule has 3 heteroatoms. The second kappa shape index (κ2) is 3.67. The molecule has 0 spiro atoms. The predicted molar refractivity (Wildman–Crippen MR) is 61.9 cm³/mol. The summed E-state index contributed by atoms with van der Waals surface area (Å²) in [6.45, 7) is 0.812. The monoisotopic (exact) mass is 215 g/mol. The van der Waals surface area contributed by atoms with Gasteiger partial charge in [0.15, 0.2) is 6.29 Å². The molecule has 1 aromatic carbocycles. The first-order chi connectivity index (χ1) is 7.85. The van der Waals surface area contributed by atoms with Crippen LogP contribution < -0.4 is 4.74 Å². The fraction of sp³-hybridized carbons (Fsp3) is 0.308. The van der Waals surface area contributed by atoms with Crippen LogP contribution in [0.1, 0.15) is 23.3 Å². The van der Waals surface area contributed by atoms with Gasteiger partial charge in [0.25, 0.3) is 0 Å². The minimum Gasteiger partial charge on any atom is -0.493 e. The van der Waals surface area contributed by atoms with E-state index in [9.17, 15) is 4.79 Å². The second-order valence-corrected chi connectivity index (χ2v) is 4.35. The summed E-state index contributed by atoms with van der Waals surface area (Å²) in [6.07, 6.45) is 3.41. The van der Waals surface area contributed by atoms with E-state index in [-0.39, 0.29) is 0 Å². The SMILES string of the molecule is O=Cc1cc2ccc(OCC3CC3)cc2[nH]1. The molecule has 0 amide bonds. The molecular formula is C13H13NO2. The maximum Gasteiger partial charge on any atom is 0.166 e. The molecule has 0 bridgehead atoms. The van der Waals surface area contributed by atoms with Crippen molar-refractivity contribution in [3.8, 4) is 5.75 Å². The van der Waals surface area contributed by atoms with Crippen molar-refractivity contribution in [3.05, 3.63) is 30.0 Å².